The van der Waals surface area contributed by atoms with Gasteiger partial charge in [0.15, 0.2) is 0 Å². The maximum absolute atomic E-state index is 9.85. The molecule has 2 nitrogen and oxygen atoms in total. The molecule has 1 atom stereocenters. The summed E-state index contributed by atoms with van der Waals surface area (Å²) >= 11 is 0. The topological polar surface area (TPSA) is 29.5 Å². The maximum Gasteiger partial charge on any atom is 0.119 e. The zero-order valence-corrected chi connectivity index (χ0v) is 8.84. The van der Waals surface area contributed by atoms with E-state index in [2.05, 4.69) is 6.07 Å². The number of aliphatic hydroxyl groups excluding tert-OH is 1. The standard InChI is InChI=1S/C14H13O2/c15-14(12-7-3-1-4-8-12)11-16-13-9-5-2-6-10-13/h1,3-10,14-15H,11H2. The van der Waals surface area contributed by atoms with E-state index in [9.17, 15) is 5.11 Å². The summed E-state index contributed by atoms with van der Waals surface area (Å²) in [6, 6.07) is 19.6. The molecule has 0 fully saturated rings. The van der Waals surface area contributed by atoms with Crippen LogP contribution in [-0.4, -0.2) is 11.7 Å². The van der Waals surface area contributed by atoms with Gasteiger partial charge in [-0.2, -0.15) is 0 Å². The molecule has 2 aromatic carbocycles. The molecule has 2 heteroatoms. The molecule has 0 aliphatic rings. The van der Waals surface area contributed by atoms with Crippen LogP contribution >= 0.6 is 0 Å². The van der Waals surface area contributed by atoms with Gasteiger partial charge >= 0.3 is 0 Å². The third kappa shape index (κ3) is 2.84. The van der Waals surface area contributed by atoms with Crippen LogP contribution in [0.4, 0.5) is 0 Å². The molecular weight excluding hydrogens is 200 g/mol. The smallest absolute Gasteiger partial charge is 0.119 e. The highest BCUT2D eigenvalue weighted by Crippen LogP contribution is 2.15. The molecule has 1 radical (unpaired) electrons. The largest absolute Gasteiger partial charge is 0.491 e. The number of ether oxygens (including phenoxy) is 1. The van der Waals surface area contributed by atoms with Crippen LogP contribution in [0, 0.1) is 6.07 Å². The fourth-order valence-corrected chi connectivity index (χ4v) is 1.41. The molecule has 0 spiro atoms. The summed E-state index contributed by atoms with van der Waals surface area (Å²) in [6.07, 6.45) is -0.592. The van der Waals surface area contributed by atoms with Gasteiger partial charge in [0.2, 0.25) is 0 Å². The van der Waals surface area contributed by atoms with Crippen LogP contribution < -0.4 is 4.74 Å². The van der Waals surface area contributed by atoms with E-state index in [1.165, 1.54) is 0 Å². The van der Waals surface area contributed by atoms with Crippen molar-refractivity contribution in [1.82, 2.24) is 0 Å². The molecule has 0 bridgehead atoms. The SMILES string of the molecule is OC(COc1cc[c]cc1)c1ccccc1. The second-order valence-corrected chi connectivity index (χ2v) is 3.47. The van der Waals surface area contributed by atoms with Crippen LogP contribution in [0.5, 0.6) is 5.75 Å². The third-order valence-corrected chi connectivity index (χ3v) is 2.28. The summed E-state index contributed by atoms with van der Waals surface area (Å²) in [4.78, 5) is 0. The first kappa shape index (κ1) is 10.7. The minimum atomic E-state index is -0.592. The van der Waals surface area contributed by atoms with Crippen molar-refractivity contribution >= 4 is 0 Å². The summed E-state index contributed by atoms with van der Waals surface area (Å²) in [7, 11) is 0. The Balaban J connectivity index is 1.92. The Hall–Kier alpha value is -1.80. The van der Waals surface area contributed by atoms with Gasteiger partial charge in [0.25, 0.3) is 0 Å². The molecule has 0 aliphatic carbocycles. The van der Waals surface area contributed by atoms with E-state index in [1.54, 1.807) is 12.1 Å². The van der Waals surface area contributed by atoms with Gasteiger partial charge in [0.05, 0.1) is 0 Å². The van der Waals surface area contributed by atoms with Gasteiger partial charge in [-0.1, -0.05) is 42.5 Å². The Bertz CT molecular complexity index is 411. The monoisotopic (exact) mass is 213 g/mol. The molecule has 16 heavy (non-hydrogen) atoms. The normalized spacial score (nSPS) is 12.1. The molecule has 1 unspecified atom stereocenters. The van der Waals surface area contributed by atoms with Crippen molar-refractivity contribution in [2.24, 2.45) is 0 Å². The van der Waals surface area contributed by atoms with E-state index in [1.807, 2.05) is 42.5 Å². The van der Waals surface area contributed by atoms with Crippen molar-refractivity contribution in [2.75, 3.05) is 6.61 Å². The molecule has 2 rings (SSSR count). The highest BCUT2D eigenvalue weighted by atomic mass is 16.5. The molecule has 0 saturated carbocycles. The maximum atomic E-state index is 9.85. The number of rotatable bonds is 4. The lowest BCUT2D eigenvalue weighted by atomic mass is 10.1. The van der Waals surface area contributed by atoms with Crippen molar-refractivity contribution < 1.29 is 9.84 Å². The summed E-state index contributed by atoms with van der Waals surface area (Å²) < 4.78 is 5.45. The zero-order valence-electron chi connectivity index (χ0n) is 8.84. The van der Waals surface area contributed by atoms with Gasteiger partial charge in [0.1, 0.15) is 18.5 Å². The van der Waals surface area contributed by atoms with E-state index < -0.39 is 6.10 Å². The predicted molar refractivity (Wildman–Crippen MR) is 62.2 cm³/mol. The van der Waals surface area contributed by atoms with Crippen LogP contribution in [0.1, 0.15) is 11.7 Å². The van der Waals surface area contributed by atoms with Gasteiger partial charge in [-0.15, -0.1) is 0 Å². The van der Waals surface area contributed by atoms with Crippen LogP contribution in [0.3, 0.4) is 0 Å². The van der Waals surface area contributed by atoms with Crippen LogP contribution in [0.15, 0.2) is 54.6 Å². The van der Waals surface area contributed by atoms with E-state index in [0.29, 0.717) is 0 Å². The Morgan fingerprint density at radius 1 is 1.06 bits per heavy atom. The molecular formula is C14H13O2. The van der Waals surface area contributed by atoms with Crippen LogP contribution in [-0.2, 0) is 0 Å². The molecule has 0 saturated heterocycles. The van der Waals surface area contributed by atoms with Crippen molar-refractivity contribution in [3.05, 3.63) is 66.2 Å². The highest BCUT2D eigenvalue weighted by Gasteiger charge is 2.06. The van der Waals surface area contributed by atoms with Crippen LogP contribution in [0.2, 0.25) is 0 Å². The second-order valence-electron chi connectivity index (χ2n) is 3.47. The van der Waals surface area contributed by atoms with E-state index in [-0.39, 0.29) is 6.61 Å². The molecule has 2 aromatic rings. The number of hydrogen-bond acceptors (Lipinski definition) is 2. The Morgan fingerprint density at radius 3 is 2.44 bits per heavy atom. The fourth-order valence-electron chi connectivity index (χ4n) is 1.41. The predicted octanol–water partition coefficient (Wildman–Crippen LogP) is 2.60. The molecule has 0 heterocycles. The Kier molecular flexibility index (Phi) is 3.57. The molecule has 0 amide bonds. The number of benzene rings is 2. The van der Waals surface area contributed by atoms with Gasteiger partial charge < -0.3 is 9.84 Å². The second kappa shape index (κ2) is 5.33. The first-order valence-electron chi connectivity index (χ1n) is 5.18. The van der Waals surface area contributed by atoms with Crippen molar-refractivity contribution in [3.63, 3.8) is 0 Å². The molecule has 0 aromatic heterocycles. The molecule has 0 aliphatic heterocycles. The first-order chi connectivity index (χ1) is 7.86. The first-order valence-corrected chi connectivity index (χ1v) is 5.18. The van der Waals surface area contributed by atoms with E-state index >= 15 is 0 Å². The van der Waals surface area contributed by atoms with Crippen LogP contribution in [0.25, 0.3) is 0 Å². The number of aliphatic hydroxyl groups is 1. The molecule has 81 valence electrons. The lowest BCUT2D eigenvalue weighted by molar-refractivity contribution is 0.108. The van der Waals surface area contributed by atoms with Gasteiger partial charge in [-0.05, 0) is 23.8 Å². The summed E-state index contributed by atoms with van der Waals surface area (Å²) in [5, 5.41) is 9.85. The van der Waals surface area contributed by atoms with E-state index in [4.69, 9.17) is 4.74 Å². The Morgan fingerprint density at radius 2 is 1.75 bits per heavy atom. The average molecular weight is 213 g/mol. The fraction of sp³-hybridized carbons (Fsp3) is 0.143. The summed E-state index contributed by atoms with van der Waals surface area (Å²) in [5.74, 6) is 0.744. The minimum Gasteiger partial charge on any atom is -0.491 e. The lowest BCUT2D eigenvalue weighted by Crippen LogP contribution is -2.09. The average Bonchev–Trinajstić information content (AvgIpc) is 2.38. The van der Waals surface area contributed by atoms with Crippen molar-refractivity contribution in [3.8, 4) is 5.75 Å². The van der Waals surface area contributed by atoms with Gasteiger partial charge in [-0.3, -0.25) is 0 Å². The van der Waals surface area contributed by atoms with Gasteiger partial charge in [0, 0.05) is 0 Å². The van der Waals surface area contributed by atoms with E-state index in [0.717, 1.165) is 11.3 Å². The van der Waals surface area contributed by atoms with Gasteiger partial charge in [-0.25, -0.2) is 0 Å². The third-order valence-electron chi connectivity index (χ3n) is 2.28. The summed E-state index contributed by atoms with van der Waals surface area (Å²) in [5.41, 5.74) is 0.866. The quantitative estimate of drug-likeness (QED) is 0.845. The summed E-state index contributed by atoms with van der Waals surface area (Å²) in [6.45, 7) is 0.258. The molecule has 1 N–H and O–H groups in total. The minimum absolute atomic E-state index is 0.258. The van der Waals surface area contributed by atoms with Crippen molar-refractivity contribution in [2.45, 2.75) is 6.10 Å². The number of hydrogen-bond donors (Lipinski definition) is 1. The highest BCUT2D eigenvalue weighted by molar-refractivity contribution is 5.21. The van der Waals surface area contributed by atoms with Crippen molar-refractivity contribution in [1.29, 1.82) is 0 Å². The lowest BCUT2D eigenvalue weighted by Gasteiger charge is -2.12. The zero-order chi connectivity index (χ0) is 11.2. The Labute approximate surface area is 95.1 Å².